The standard InChI is InChI=1S/C28H29FN4O3/c29-23-10-2-1-9-19(23)20-11-12-24-25-21(15-32(24)28(20)36)22(16-34)26(27(35)31-17-7-5-8-17)33(25)14-18-6-3-4-13-30-18/h1-4,6,9-13,17,21-22,25-26,34H,5,7-8,14-16H2,(H,31,35)/t21-,22-,25+,26-/m0/s1. The number of pyridine rings is 2. The zero-order valence-electron chi connectivity index (χ0n) is 19.9. The smallest absolute Gasteiger partial charge is 0.258 e. The van der Waals surface area contributed by atoms with Crippen molar-refractivity contribution in [2.24, 2.45) is 11.8 Å². The molecule has 1 saturated heterocycles. The molecule has 0 unspecified atom stereocenters. The molecule has 1 amide bonds. The summed E-state index contributed by atoms with van der Waals surface area (Å²) >= 11 is 0. The van der Waals surface area contributed by atoms with Gasteiger partial charge in [0.2, 0.25) is 5.91 Å². The molecule has 8 heteroatoms. The average Bonchev–Trinajstić information content (AvgIpc) is 3.38. The lowest BCUT2D eigenvalue weighted by Gasteiger charge is -2.34. The number of carbonyl (C=O) groups is 1. The summed E-state index contributed by atoms with van der Waals surface area (Å²) < 4.78 is 16.2. The van der Waals surface area contributed by atoms with Crippen LogP contribution < -0.4 is 10.9 Å². The van der Waals surface area contributed by atoms with Gasteiger partial charge in [-0.25, -0.2) is 4.39 Å². The molecule has 0 spiro atoms. The molecular formula is C28H29FN4O3. The minimum Gasteiger partial charge on any atom is -0.396 e. The topological polar surface area (TPSA) is 87.5 Å². The number of aliphatic hydroxyl groups is 1. The molecule has 186 valence electrons. The van der Waals surface area contributed by atoms with E-state index in [4.69, 9.17) is 0 Å². The molecule has 0 radical (unpaired) electrons. The Balaban J connectivity index is 1.41. The summed E-state index contributed by atoms with van der Waals surface area (Å²) in [5.41, 5.74) is 1.94. The minimum atomic E-state index is -0.525. The van der Waals surface area contributed by atoms with Gasteiger partial charge < -0.3 is 15.0 Å². The number of aromatic nitrogens is 2. The Morgan fingerprint density at radius 3 is 2.58 bits per heavy atom. The van der Waals surface area contributed by atoms with Crippen LogP contribution in [0.25, 0.3) is 11.1 Å². The van der Waals surface area contributed by atoms with Gasteiger partial charge in [0.05, 0.1) is 23.3 Å². The molecular weight excluding hydrogens is 459 g/mol. The van der Waals surface area contributed by atoms with Crippen molar-refractivity contribution in [1.82, 2.24) is 19.8 Å². The quantitative estimate of drug-likeness (QED) is 0.557. The van der Waals surface area contributed by atoms with Crippen molar-refractivity contribution < 1.29 is 14.3 Å². The number of hydrogen-bond donors (Lipinski definition) is 2. The van der Waals surface area contributed by atoms with E-state index in [0.717, 1.165) is 30.7 Å². The number of hydrogen-bond acceptors (Lipinski definition) is 5. The van der Waals surface area contributed by atoms with Crippen LogP contribution in [0.2, 0.25) is 0 Å². The number of rotatable bonds is 6. The van der Waals surface area contributed by atoms with Crippen molar-refractivity contribution in [3.63, 3.8) is 0 Å². The van der Waals surface area contributed by atoms with E-state index in [1.807, 2.05) is 24.3 Å². The van der Waals surface area contributed by atoms with Crippen molar-refractivity contribution in [3.05, 3.63) is 88.4 Å². The Kier molecular flexibility index (Phi) is 5.93. The summed E-state index contributed by atoms with van der Waals surface area (Å²) in [6, 6.07) is 15.0. The Labute approximate surface area is 208 Å². The van der Waals surface area contributed by atoms with Crippen LogP contribution in [0.1, 0.15) is 36.7 Å². The molecule has 2 N–H and O–H groups in total. The molecule has 4 atom stereocenters. The molecule has 1 aliphatic carbocycles. The number of nitrogens with one attached hydrogen (secondary N) is 1. The summed E-state index contributed by atoms with van der Waals surface area (Å²) in [5.74, 6) is -0.971. The van der Waals surface area contributed by atoms with Gasteiger partial charge >= 0.3 is 0 Å². The molecule has 4 heterocycles. The van der Waals surface area contributed by atoms with Crippen LogP contribution in [0.5, 0.6) is 0 Å². The van der Waals surface area contributed by atoms with Crippen molar-refractivity contribution in [2.45, 2.75) is 50.5 Å². The van der Waals surface area contributed by atoms with Gasteiger partial charge in [-0.2, -0.15) is 0 Å². The molecule has 2 aliphatic heterocycles. The molecule has 1 saturated carbocycles. The van der Waals surface area contributed by atoms with E-state index in [-0.39, 0.29) is 47.6 Å². The van der Waals surface area contributed by atoms with E-state index < -0.39 is 11.9 Å². The highest BCUT2D eigenvalue weighted by atomic mass is 19.1. The fraction of sp³-hybridized carbons (Fsp3) is 0.393. The van der Waals surface area contributed by atoms with Crippen molar-refractivity contribution in [3.8, 4) is 11.1 Å². The highest BCUT2D eigenvalue weighted by Gasteiger charge is 2.55. The Morgan fingerprint density at radius 1 is 1.08 bits per heavy atom. The van der Waals surface area contributed by atoms with Gasteiger partial charge in [-0.3, -0.25) is 19.5 Å². The zero-order chi connectivity index (χ0) is 24.8. The Morgan fingerprint density at radius 2 is 1.89 bits per heavy atom. The van der Waals surface area contributed by atoms with Gasteiger partial charge in [-0.05, 0) is 49.6 Å². The summed E-state index contributed by atoms with van der Waals surface area (Å²) in [7, 11) is 0. The normalized spacial score (nSPS) is 25.3. The molecule has 6 rings (SSSR count). The zero-order valence-corrected chi connectivity index (χ0v) is 19.9. The predicted octanol–water partition coefficient (Wildman–Crippen LogP) is 2.88. The van der Waals surface area contributed by atoms with Gasteiger partial charge in [0, 0.05) is 55.0 Å². The largest absolute Gasteiger partial charge is 0.396 e. The first-order valence-corrected chi connectivity index (χ1v) is 12.6. The number of aliphatic hydroxyl groups excluding tert-OH is 1. The molecule has 2 fully saturated rings. The maximum Gasteiger partial charge on any atom is 0.258 e. The van der Waals surface area contributed by atoms with E-state index in [1.54, 1.807) is 35.0 Å². The minimum absolute atomic E-state index is 0.0686. The van der Waals surface area contributed by atoms with Gasteiger partial charge in [0.15, 0.2) is 0 Å². The molecule has 3 aromatic rings. The highest BCUT2D eigenvalue weighted by molar-refractivity contribution is 5.83. The first-order valence-electron chi connectivity index (χ1n) is 12.6. The Bertz CT molecular complexity index is 1340. The molecule has 36 heavy (non-hydrogen) atoms. The number of benzene rings is 1. The number of carbonyl (C=O) groups excluding carboxylic acids is 1. The summed E-state index contributed by atoms with van der Waals surface area (Å²) in [6.07, 6.45) is 4.80. The lowest BCUT2D eigenvalue weighted by Crippen LogP contribution is -2.52. The third-order valence-electron chi connectivity index (χ3n) is 8.15. The van der Waals surface area contributed by atoms with Gasteiger partial charge in [0.25, 0.3) is 5.56 Å². The van der Waals surface area contributed by atoms with Gasteiger partial charge in [0.1, 0.15) is 5.82 Å². The monoisotopic (exact) mass is 488 g/mol. The van der Waals surface area contributed by atoms with Crippen LogP contribution in [0, 0.1) is 17.7 Å². The molecule has 2 aromatic heterocycles. The number of amides is 1. The van der Waals surface area contributed by atoms with Crippen LogP contribution in [-0.4, -0.2) is 44.2 Å². The SMILES string of the molecule is O=C(NC1CCC1)[C@@H]1[C@@H](CO)[C@@H]2Cn3c(ccc(-c4ccccc4F)c3=O)[C@@H]2N1Cc1ccccn1. The molecule has 3 aliphatic rings. The third kappa shape index (κ3) is 3.76. The molecule has 0 bridgehead atoms. The number of fused-ring (bicyclic) bond motifs is 3. The van der Waals surface area contributed by atoms with Crippen LogP contribution in [-0.2, 0) is 17.9 Å². The second kappa shape index (κ2) is 9.26. The van der Waals surface area contributed by atoms with E-state index in [0.29, 0.717) is 18.7 Å². The first-order chi connectivity index (χ1) is 17.6. The maximum atomic E-state index is 14.5. The van der Waals surface area contributed by atoms with Crippen LogP contribution in [0.15, 0.2) is 65.6 Å². The van der Waals surface area contributed by atoms with Crippen molar-refractivity contribution in [2.75, 3.05) is 6.61 Å². The second-order valence-corrected chi connectivity index (χ2v) is 10.1. The average molecular weight is 489 g/mol. The fourth-order valence-electron chi connectivity index (χ4n) is 6.19. The van der Waals surface area contributed by atoms with Crippen LogP contribution in [0.4, 0.5) is 4.39 Å². The van der Waals surface area contributed by atoms with Crippen molar-refractivity contribution in [1.29, 1.82) is 0 Å². The van der Waals surface area contributed by atoms with Crippen LogP contribution in [0.3, 0.4) is 0 Å². The second-order valence-electron chi connectivity index (χ2n) is 10.1. The highest BCUT2D eigenvalue weighted by Crippen LogP contribution is 2.50. The summed E-state index contributed by atoms with van der Waals surface area (Å²) in [6.45, 7) is 0.633. The number of nitrogens with zero attached hydrogens (tertiary/aromatic N) is 3. The predicted molar refractivity (Wildman–Crippen MR) is 132 cm³/mol. The number of halogens is 1. The summed E-state index contributed by atoms with van der Waals surface area (Å²) in [5, 5.41) is 13.7. The third-order valence-corrected chi connectivity index (χ3v) is 8.15. The van der Waals surface area contributed by atoms with E-state index in [1.165, 1.54) is 6.07 Å². The number of likely N-dealkylation sites (tertiary alicyclic amines) is 1. The molecule has 1 aromatic carbocycles. The van der Waals surface area contributed by atoms with E-state index >= 15 is 0 Å². The van der Waals surface area contributed by atoms with E-state index in [9.17, 15) is 19.1 Å². The maximum absolute atomic E-state index is 14.5. The summed E-state index contributed by atoms with van der Waals surface area (Å²) in [4.78, 5) is 33.6. The van der Waals surface area contributed by atoms with Crippen LogP contribution >= 0.6 is 0 Å². The van der Waals surface area contributed by atoms with Gasteiger partial charge in [-0.15, -0.1) is 0 Å². The van der Waals surface area contributed by atoms with Gasteiger partial charge in [-0.1, -0.05) is 24.3 Å². The lowest BCUT2D eigenvalue weighted by molar-refractivity contribution is -0.129. The fourth-order valence-corrected chi connectivity index (χ4v) is 6.19. The first kappa shape index (κ1) is 23.1. The van der Waals surface area contributed by atoms with Crippen molar-refractivity contribution >= 4 is 5.91 Å². The lowest BCUT2D eigenvalue weighted by atomic mass is 9.87. The Hall–Kier alpha value is -3.36. The van der Waals surface area contributed by atoms with E-state index in [2.05, 4.69) is 15.2 Å². The molecule has 7 nitrogen and oxygen atoms in total.